The molecule has 0 bridgehead atoms. The van der Waals surface area contributed by atoms with Crippen molar-refractivity contribution in [1.29, 1.82) is 5.26 Å². The molecule has 0 atom stereocenters. The summed E-state index contributed by atoms with van der Waals surface area (Å²) in [5.41, 5.74) is 6.40. The Balaban J connectivity index is 2.80. The highest BCUT2D eigenvalue weighted by Crippen LogP contribution is 2.32. The summed E-state index contributed by atoms with van der Waals surface area (Å²) in [6.07, 6.45) is 1.34. The molecule has 0 aliphatic heterocycles. The van der Waals surface area contributed by atoms with Crippen LogP contribution in [0.15, 0.2) is 22.8 Å². The van der Waals surface area contributed by atoms with Gasteiger partial charge in [-0.2, -0.15) is 5.26 Å². The van der Waals surface area contributed by atoms with Gasteiger partial charge in [0.2, 0.25) is 0 Å². The third-order valence-corrected chi connectivity index (χ3v) is 4.14. The molecular formula is C14H11BrN4O4. The maximum atomic E-state index is 12.0. The summed E-state index contributed by atoms with van der Waals surface area (Å²) in [6.45, 7) is 1.60. The minimum absolute atomic E-state index is 0.0429. The number of nitro groups is 1. The summed E-state index contributed by atoms with van der Waals surface area (Å²) in [7, 11) is 1.18. The van der Waals surface area contributed by atoms with Crippen LogP contribution in [0.2, 0.25) is 0 Å². The molecule has 0 aliphatic rings. The van der Waals surface area contributed by atoms with Crippen LogP contribution in [0.1, 0.15) is 21.6 Å². The first-order chi connectivity index (χ1) is 10.8. The number of halogens is 1. The van der Waals surface area contributed by atoms with Crippen molar-refractivity contribution in [3.8, 4) is 11.8 Å². The normalized spacial score (nSPS) is 10.2. The van der Waals surface area contributed by atoms with E-state index < -0.39 is 10.9 Å². The monoisotopic (exact) mass is 378 g/mol. The molecule has 0 saturated heterocycles. The van der Waals surface area contributed by atoms with Gasteiger partial charge in [0, 0.05) is 22.3 Å². The van der Waals surface area contributed by atoms with E-state index in [0.29, 0.717) is 15.7 Å². The van der Waals surface area contributed by atoms with E-state index >= 15 is 0 Å². The van der Waals surface area contributed by atoms with E-state index in [4.69, 9.17) is 11.0 Å². The van der Waals surface area contributed by atoms with Crippen molar-refractivity contribution in [3.05, 3.63) is 49.7 Å². The van der Waals surface area contributed by atoms with Crippen molar-refractivity contribution in [2.75, 3.05) is 12.8 Å². The largest absolute Gasteiger partial charge is 0.464 e. The van der Waals surface area contributed by atoms with Gasteiger partial charge in [0.05, 0.1) is 29.0 Å². The number of nitriles is 1. The molecule has 2 N–H and O–H groups in total. The first-order valence-corrected chi connectivity index (χ1v) is 7.05. The zero-order valence-corrected chi connectivity index (χ0v) is 13.7. The number of benzene rings is 1. The predicted octanol–water partition coefficient (Wildman–Crippen LogP) is 2.70. The minimum atomic E-state index is -0.747. The zero-order valence-electron chi connectivity index (χ0n) is 12.2. The van der Waals surface area contributed by atoms with Crippen LogP contribution < -0.4 is 5.73 Å². The predicted molar refractivity (Wildman–Crippen MR) is 85.3 cm³/mol. The second kappa shape index (κ2) is 6.10. The minimum Gasteiger partial charge on any atom is -0.464 e. The van der Waals surface area contributed by atoms with Gasteiger partial charge < -0.3 is 15.0 Å². The van der Waals surface area contributed by atoms with Gasteiger partial charge in [0.25, 0.3) is 5.69 Å². The Morgan fingerprint density at radius 3 is 2.70 bits per heavy atom. The van der Waals surface area contributed by atoms with Crippen LogP contribution >= 0.6 is 15.9 Å². The molecule has 0 amide bonds. The molecule has 118 valence electrons. The molecule has 2 rings (SSSR count). The molecule has 0 radical (unpaired) electrons. The van der Waals surface area contributed by atoms with E-state index in [-0.39, 0.29) is 22.6 Å². The number of aromatic nitrogens is 1. The number of carbonyl (C=O) groups is 1. The number of methoxy groups -OCH3 is 1. The lowest BCUT2D eigenvalue weighted by molar-refractivity contribution is -0.385. The Morgan fingerprint density at radius 2 is 2.17 bits per heavy atom. The molecule has 0 aliphatic carbocycles. The van der Waals surface area contributed by atoms with Crippen LogP contribution in [0, 0.1) is 28.4 Å². The van der Waals surface area contributed by atoms with E-state index in [1.807, 2.05) is 6.07 Å². The molecule has 0 fully saturated rings. The molecule has 23 heavy (non-hydrogen) atoms. The lowest BCUT2D eigenvalue weighted by Gasteiger charge is -2.10. The number of carbonyl (C=O) groups excluding carboxylic acids is 1. The maximum absolute atomic E-state index is 12.0. The summed E-state index contributed by atoms with van der Waals surface area (Å²) in [6, 6.07) is 4.76. The number of hydrogen-bond donors (Lipinski definition) is 1. The third-order valence-electron chi connectivity index (χ3n) is 3.32. The third kappa shape index (κ3) is 2.76. The number of nitrogens with zero attached hydrogens (tertiary/aromatic N) is 3. The molecule has 0 unspecified atom stereocenters. The summed E-state index contributed by atoms with van der Waals surface area (Å²) in [5.74, 6) is -0.747. The van der Waals surface area contributed by atoms with Crippen LogP contribution in [0.4, 0.5) is 11.4 Å². The summed E-state index contributed by atoms with van der Waals surface area (Å²) >= 11 is 3.25. The van der Waals surface area contributed by atoms with Crippen LogP contribution in [-0.2, 0) is 4.74 Å². The SMILES string of the molecule is COC(=O)c1c(N)c(C#N)cn1-c1cc(Br)c(C)c([N+](=O)[O-])c1. The van der Waals surface area contributed by atoms with Gasteiger partial charge in [-0.25, -0.2) is 4.79 Å². The smallest absolute Gasteiger partial charge is 0.357 e. The lowest BCUT2D eigenvalue weighted by Crippen LogP contribution is -2.11. The Labute approximate surface area is 139 Å². The van der Waals surface area contributed by atoms with Crippen molar-refractivity contribution in [1.82, 2.24) is 4.57 Å². The van der Waals surface area contributed by atoms with E-state index in [1.54, 1.807) is 13.0 Å². The highest BCUT2D eigenvalue weighted by molar-refractivity contribution is 9.10. The van der Waals surface area contributed by atoms with Crippen molar-refractivity contribution in [3.63, 3.8) is 0 Å². The second-order valence-electron chi connectivity index (χ2n) is 4.61. The lowest BCUT2D eigenvalue weighted by atomic mass is 10.2. The summed E-state index contributed by atoms with van der Waals surface area (Å²) in [4.78, 5) is 22.6. The van der Waals surface area contributed by atoms with Gasteiger partial charge in [-0.3, -0.25) is 10.1 Å². The molecular weight excluding hydrogens is 368 g/mol. The van der Waals surface area contributed by atoms with Gasteiger partial charge >= 0.3 is 5.97 Å². The Hall–Kier alpha value is -2.86. The fraction of sp³-hybridized carbons (Fsp3) is 0.143. The van der Waals surface area contributed by atoms with Crippen LogP contribution in [-0.4, -0.2) is 22.6 Å². The van der Waals surface area contributed by atoms with Gasteiger partial charge in [-0.05, 0) is 13.0 Å². The van der Waals surface area contributed by atoms with Crippen molar-refractivity contribution in [2.24, 2.45) is 0 Å². The highest BCUT2D eigenvalue weighted by atomic mass is 79.9. The number of nitro benzene ring substituents is 1. The van der Waals surface area contributed by atoms with Gasteiger partial charge in [0.15, 0.2) is 5.69 Å². The molecule has 1 heterocycles. The number of nitrogens with two attached hydrogens (primary N) is 1. The number of hydrogen-bond acceptors (Lipinski definition) is 6. The van der Waals surface area contributed by atoms with E-state index in [1.165, 1.54) is 23.9 Å². The van der Waals surface area contributed by atoms with Crippen LogP contribution in [0.25, 0.3) is 5.69 Å². The quantitative estimate of drug-likeness (QED) is 0.497. The first kappa shape index (κ1) is 16.5. The first-order valence-electron chi connectivity index (χ1n) is 6.26. The highest BCUT2D eigenvalue weighted by Gasteiger charge is 2.24. The molecule has 2 aromatic rings. The molecule has 0 saturated carbocycles. The topological polar surface area (TPSA) is 124 Å². The second-order valence-corrected chi connectivity index (χ2v) is 5.46. The van der Waals surface area contributed by atoms with Crippen molar-refractivity contribution >= 4 is 33.3 Å². The number of esters is 1. The van der Waals surface area contributed by atoms with Gasteiger partial charge in [0.1, 0.15) is 6.07 Å². The van der Waals surface area contributed by atoms with Crippen LogP contribution in [0.3, 0.4) is 0 Å². The van der Waals surface area contributed by atoms with E-state index in [0.717, 1.165) is 0 Å². The average molecular weight is 379 g/mol. The molecule has 1 aromatic heterocycles. The van der Waals surface area contributed by atoms with Crippen molar-refractivity contribution in [2.45, 2.75) is 6.92 Å². The van der Waals surface area contributed by atoms with E-state index in [2.05, 4.69) is 20.7 Å². The zero-order chi connectivity index (χ0) is 17.3. The summed E-state index contributed by atoms with van der Waals surface area (Å²) < 4.78 is 6.47. The van der Waals surface area contributed by atoms with E-state index in [9.17, 15) is 14.9 Å². The Bertz CT molecular complexity index is 867. The Morgan fingerprint density at radius 1 is 1.52 bits per heavy atom. The Kier molecular flexibility index (Phi) is 4.38. The van der Waals surface area contributed by atoms with Crippen LogP contribution in [0.5, 0.6) is 0 Å². The van der Waals surface area contributed by atoms with Gasteiger partial charge in [-0.1, -0.05) is 15.9 Å². The summed E-state index contributed by atoms with van der Waals surface area (Å²) in [5, 5.41) is 20.3. The molecule has 0 spiro atoms. The average Bonchev–Trinajstić information content (AvgIpc) is 2.85. The molecule has 9 heteroatoms. The number of anilines is 1. The molecule has 8 nitrogen and oxygen atoms in total. The molecule has 1 aromatic carbocycles. The number of ether oxygens (including phenoxy) is 1. The number of nitrogen functional groups attached to an aromatic ring is 1. The maximum Gasteiger partial charge on any atom is 0.357 e. The fourth-order valence-corrected chi connectivity index (χ4v) is 2.54. The number of rotatable bonds is 3. The van der Waals surface area contributed by atoms with Gasteiger partial charge in [-0.15, -0.1) is 0 Å². The standard InChI is InChI=1S/C14H11BrN4O4/c1-7-10(15)3-9(4-11(7)19(21)22)18-6-8(5-16)12(17)13(18)14(20)23-2/h3-4,6H,17H2,1-2H3. The van der Waals surface area contributed by atoms with Crippen molar-refractivity contribution < 1.29 is 14.5 Å². The fourth-order valence-electron chi connectivity index (χ4n) is 2.10.